The minimum atomic E-state index is -0.901. The first-order valence-electron chi connectivity index (χ1n) is 26.0. The van der Waals surface area contributed by atoms with E-state index in [1.807, 2.05) is 20.8 Å². The number of carbonyl (C=O) groups is 7. The molecule has 0 radical (unpaired) electrons. The molecular formula is C53H91N7O9S. The molecule has 17 heteroatoms. The van der Waals surface area contributed by atoms with Crippen molar-refractivity contribution in [3.8, 4) is 0 Å². The standard InChI is InChI=1S/C53H91N7O9S/c1-13-36(7)49(42(14-2)68-12)59(10)46(63)32-56-52(66)48(35(5)6)60(11)53(67)69-33-39-25-27-41(28-26-39)57-45(62)31-55-51(65)47(34(3)4)58-44(61)24-20-17-21-29-54-50(64)43(70)30-37(8)38(9)40-22-18-15-16-19-23-40/h25-28,34-38,40,42-43,47-49,70H,13-24,29-33H2,1-12H3,(H,54,64)(H,55,65)(H,56,66)(H,57,62)(H,58,61). The Morgan fingerprint density at radius 3 is 1.91 bits per heavy atom. The number of likely N-dealkylation sites (N-methyl/N-ethyl adjacent to an activating group) is 2. The zero-order valence-corrected chi connectivity index (χ0v) is 45.6. The lowest BCUT2D eigenvalue weighted by molar-refractivity contribution is -0.138. The third-order valence-corrected chi connectivity index (χ3v) is 14.7. The first kappa shape index (κ1) is 61.7. The van der Waals surface area contributed by atoms with Crippen molar-refractivity contribution >= 4 is 59.9 Å². The van der Waals surface area contributed by atoms with E-state index < -0.39 is 35.9 Å². The molecule has 1 fully saturated rings. The van der Waals surface area contributed by atoms with Crippen LogP contribution in [0.3, 0.4) is 0 Å². The van der Waals surface area contributed by atoms with E-state index in [1.165, 1.54) is 50.5 Å². The van der Waals surface area contributed by atoms with E-state index in [1.54, 1.807) is 57.2 Å². The highest BCUT2D eigenvalue weighted by atomic mass is 32.1. The van der Waals surface area contributed by atoms with Crippen LogP contribution in [0.1, 0.15) is 151 Å². The Balaban J connectivity index is 1.75. The minimum absolute atomic E-state index is 0.0462. The smallest absolute Gasteiger partial charge is 0.410 e. The second-order valence-electron chi connectivity index (χ2n) is 20.3. The number of benzene rings is 1. The molecule has 0 aliphatic heterocycles. The average Bonchev–Trinajstić information content (AvgIpc) is 3.63. The van der Waals surface area contributed by atoms with Crippen LogP contribution in [0, 0.1) is 35.5 Å². The lowest BCUT2D eigenvalue weighted by Crippen LogP contribution is -2.54. The monoisotopic (exact) mass is 1000 g/mol. The zero-order chi connectivity index (χ0) is 52.5. The lowest BCUT2D eigenvalue weighted by Gasteiger charge is -2.37. The van der Waals surface area contributed by atoms with E-state index in [4.69, 9.17) is 9.47 Å². The number of hydrogen-bond donors (Lipinski definition) is 6. The van der Waals surface area contributed by atoms with Crippen LogP contribution in [0.25, 0.3) is 0 Å². The zero-order valence-electron chi connectivity index (χ0n) is 44.7. The topological polar surface area (TPSA) is 205 Å². The predicted molar refractivity (Wildman–Crippen MR) is 280 cm³/mol. The molecule has 7 amide bonds. The van der Waals surface area contributed by atoms with Crippen molar-refractivity contribution in [2.75, 3.05) is 46.2 Å². The van der Waals surface area contributed by atoms with Crippen LogP contribution < -0.4 is 26.6 Å². The molecular weight excluding hydrogens is 911 g/mol. The summed E-state index contributed by atoms with van der Waals surface area (Å²) in [5.41, 5.74) is 1.08. The molecule has 398 valence electrons. The van der Waals surface area contributed by atoms with Gasteiger partial charge in [-0.3, -0.25) is 33.7 Å². The number of nitrogens with zero attached hydrogens (tertiary/aromatic N) is 2. The van der Waals surface area contributed by atoms with Gasteiger partial charge in [0.15, 0.2) is 0 Å². The van der Waals surface area contributed by atoms with Crippen LogP contribution in [0.15, 0.2) is 24.3 Å². The summed E-state index contributed by atoms with van der Waals surface area (Å²) >= 11 is 4.63. The number of ether oxygens (including phenoxy) is 2. The van der Waals surface area contributed by atoms with Gasteiger partial charge in [-0.15, -0.1) is 0 Å². The fourth-order valence-corrected chi connectivity index (χ4v) is 9.89. The maximum Gasteiger partial charge on any atom is 0.410 e. The molecule has 5 N–H and O–H groups in total. The molecule has 1 aromatic carbocycles. The number of amides is 7. The number of unbranched alkanes of at least 4 members (excludes halogenated alkanes) is 2. The van der Waals surface area contributed by atoms with Gasteiger partial charge in [-0.1, -0.05) is 126 Å². The summed E-state index contributed by atoms with van der Waals surface area (Å²) in [5, 5.41) is 13.5. The second-order valence-corrected chi connectivity index (χ2v) is 21.0. The molecule has 2 rings (SSSR count). The van der Waals surface area contributed by atoms with Crippen molar-refractivity contribution in [2.45, 2.75) is 182 Å². The van der Waals surface area contributed by atoms with Gasteiger partial charge >= 0.3 is 6.09 Å². The summed E-state index contributed by atoms with van der Waals surface area (Å²) in [6.45, 7) is 17.8. The number of thiol groups is 1. The molecule has 0 heterocycles. The Morgan fingerprint density at radius 2 is 1.34 bits per heavy atom. The van der Waals surface area contributed by atoms with Gasteiger partial charge in [0.25, 0.3) is 0 Å². The van der Waals surface area contributed by atoms with Crippen LogP contribution >= 0.6 is 12.6 Å². The van der Waals surface area contributed by atoms with Gasteiger partial charge in [-0.25, -0.2) is 4.79 Å². The van der Waals surface area contributed by atoms with E-state index >= 15 is 0 Å². The molecule has 8 atom stereocenters. The summed E-state index contributed by atoms with van der Waals surface area (Å²) in [6, 6.07) is 4.73. The van der Waals surface area contributed by atoms with Gasteiger partial charge in [0.1, 0.15) is 18.7 Å². The number of nitrogens with one attached hydrogen (secondary N) is 5. The highest BCUT2D eigenvalue weighted by Gasteiger charge is 2.34. The number of methoxy groups -OCH3 is 1. The van der Waals surface area contributed by atoms with Gasteiger partial charge in [-0.2, -0.15) is 12.6 Å². The van der Waals surface area contributed by atoms with Crippen LogP contribution in [0.5, 0.6) is 0 Å². The SMILES string of the molecule is CCC(C)C(C(CC)OC)N(C)C(=O)CNC(=O)C(C(C)C)N(C)C(=O)OCc1ccc(NC(=O)CNC(=O)C(NC(=O)CCCCCNC(=O)C(S)CC(C)C(C)C2CCCCCC2)C(C)C)cc1. The van der Waals surface area contributed by atoms with E-state index in [9.17, 15) is 33.6 Å². The molecule has 1 aromatic rings. The number of rotatable bonds is 30. The second kappa shape index (κ2) is 32.6. The molecule has 0 saturated heterocycles. The Hall–Kier alpha value is -4.38. The molecule has 1 aliphatic rings. The molecule has 16 nitrogen and oxygen atoms in total. The molecule has 70 heavy (non-hydrogen) atoms. The van der Waals surface area contributed by atoms with Gasteiger partial charge < -0.3 is 41.0 Å². The van der Waals surface area contributed by atoms with E-state index in [0.717, 1.165) is 38.0 Å². The van der Waals surface area contributed by atoms with Crippen molar-refractivity contribution in [1.29, 1.82) is 0 Å². The van der Waals surface area contributed by atoms with E-state index in [-0.39, 0.29) is 79.0 Å². The van der Waals surface area contributed by atoms with Crippen LogP contribution in [0.2, 0.25) is 0 Å². The first-order valence-corrected chi connectivity index (χ1v) is 26.6. The summed E-state index contributed by atoms with van der Waals surface area (Å²) in [6.07, 6.45) is 11.6. The van der Waals surface area contributed by atoms with Crippen molar-refractivity contribution < 1.29 is 43.0 Å². The lowest BCUT2D eigenvalue weighted by atomic mass is 9.78. The van der Waals surface area contributed by atoms with Gasteiger partial charge in [-0.05, 0) is 78.9 Å². The summed E-state index contributed by atoms with van der Waals surface area (Å²) < 4.78 is 11.2. The first-order chi connectivity index (χ1) is 33.2. The molecule has 0 aromatic heterocycles. The van der Waals surface area contributed by atoms with Gasteiger partial charge in [0.05, 0.1) is 30.5 Å². The Bertz CT molecular complexity index is 1770. The van der Waals surface area contributed by atoms with Crippen molar-refractivity contribution in [3.05, 3.63) is 29.8 Å². The number of hydrogen-bond acceptors (Lipinski definition) is 10. The van der Waals surface area contributed by atoms with Gasteiger partial charge in [0, 0.05) is 39.9 Å². The highest BCUT2D eigenvalue weighted by Crippen LogP contribution is 2.35. The van der Waals surface area contributed by atoms with Crippen LogP contribution in [-0.4, -0.2) is 122 Å². The van der Waals surface area contributed by atoms with Gasteiger partial charge in [0.2, 0.25) is 35.4 Å². The molecule has 0 bridgehead atoms. The predicted octanol–water partition coefficient (Wildman–Crippen LogP) is 7.50. The maximum atomic E-state index is 13.4. The third-order valence-electron chi connectivity index (χ3n) is 14.3. The van der Waals surface area contributed by atoms with Crippen molar-refractivity contribution in [2.24, 2.45) is 35.5 Å². The van der Waals surface area contributed by atoms with Crippen LogP contribution in [0.4, 0.5) is 10.5 Å². The quantitative estimate of drug-likeness (QED) is 0.0256. The number of anilines is 1. The molecule has 0 spiro atoms. The third kappa shape index (κ3) is 21.1. The fraction of sp³-hybridized carbons (Fsp3) is 0.755. The molecule has 1 saturated carbocycles. The minimum Gasteiger partial charge on any atom is -0.445 e. The van der Waals surface area contributed by atoms with Crippen molar-refractivity contribution in [1.82, 2.24) is 31.1 Å². The average molecular weight is 1000 g/mol. The Kier molecular flexibility index (Phi) is 28.7. The summed E-state index contributed by atoms with van der Waals surface area (Å²) in [4.78, 5) is 94.0. The Morgan fingerprint density at radius 1 is 0.714 bits per heavy atom. The molecule has 8 unspecified atom stereocenters. The summed E-state index contributed by atoms with van der Waals surface area (Å²) in [7, 11) is 4.83. The van der Waals surface area contributed by atoms with E-state index in [0.29, 0.717) is 36.1 Å². The fourth-order valence-electron chi connectivity index (χ4n) is 9.47. The summed E-state index contributed by atoms with van der Waals surface area (Å²) in [5.74, 6) is -0.597. The van der Waals surface area contributed by atoms with E-state index in [2.05, 4.69) is 66.9 Å². The molecule has 1 aliphatic carbocycles. The largest absolute Gasteiger partial charge is 0.445 e. The maximum absolute atomic E-state index is 13.4. The normalized spacial score (nSPS) is 16.6. The Labute approximate surface area is 425 Å². The highest BCUT2D eigenvalue weighted by molar-refractivity contribution is 7.81. The van der Waals surface area contributed by atoms with Crippen molar-refractivity contribution in [3.63, 3.8) is 0 Å². The van der Waals surface area contributed by atoms with Crippen LogP contribution in [-0.2, 0) is 44.8 Å². The number of carbonyl (C=O) groups excluding carboxylic acids is 7.